The van der Waals surface area contributed by atoms with Gasteiger partial charge in [-0.25, -0.2) is 19.0 Å². The third-order valence-corrected chi connectivity index (χ3v) is 5.77. The highest BCUT2D eigenvalue weighted by Gasteiger charge is 2.45. The van der Waals surface area contributed by atoms with Crippen molar-refractivity contribution in [2.24, 2.45) is 0 Å². The van der Waals surface area contributed by atoms with Crippen molar-refractivity contribution in [1.29, 1.82) is 0 Å². The van der Waals surface area contributed by atoms with E-state index in [0.29, 0.717) is 0 Å². The Kier molecular flexibility index (Phi) is 3.51. The molecular formula is C24H31FN6O4S. The molecule has 4 N–H and O–H groups in total. The summed E-state index contributed by atoms with van der Waals surface area (Å²) in [5.41, 5.74) is -4.46. The third kappa shape index (κ3) is 4.92. The molecule has 2 saturated carbocycles. The maximum Gasteiger partial charge on any atom is 0.191 e. The van der Waals surface area contributed by atoms with Crippen molar-refractivity contribution >= 4 is 28.7 Å². The molecular weight excluding hydrogens is 487 g/mol. The van der Waals surface area contributed by atoms with Crippen LogP contribution in [0.5, 0.6) is 0 Å². The number of anilines is 1. The molecule has 2 aromatic heterocycles. The third-order valence-electron chi connectivity index (χ3n) is 5.10. The lowest BCUT2D eigenvalue weighted by atomic mass is 10.1. The molecule has 2 fully saturated rings. The Bertz CT molecular complexity index is 1980. The summed E-state index contributed by atoms with van der Waals surface area (Å²) in [4.78, 5) is 8.02. The first-order chi connectivity index (χ1) is 23.5. The average Bonchev–Trinajstić information content (AvgIpc) is 3.23. The second-order valence-corrected chi connectivity index (χ2v) is 8.17. The van der Waals surface area contributed by atoms with Gasteiger partial charge in [0.15, 0.2) is 22.1 Å². The highest BCUT2D eigenvalue weighted by Crippen LogP contribution is 2.44. The number of nitrogens with one attached hydrogen (secondary N) is 1. The Labute approximate surface area is 236 Å². The second-order valence-electron chi connectivity index (χ2n) is 7.40. The van der Waals surface area contributed by atoms with Gasteiger partial charge in [-0.15, -0.1) is 5.10 Å². The van der Waals surface area contributed by atoms with Gasteiger partial charge in [0, 0.05) is 36.4 Å². The van der Waals surface area contributed by atoms with Gasteiger partial charge >= 0.3 is 0 Å². The lowest BCUT2D eigenvalue weighted by molar-refractivity contribution is -0.0629. The molecule has 0 spiro atoms. The van der Waals surface area contributed by atoms with Crippen molar-refractivity contribution in [1.82, 2.24) is 25.0 Å². The molecule has 1 aromatic carbocycles. The summed E-state index contributed by atoms with van der Waals surface area (Å²) in [7, 11) is 0. The topological polar surface area (TPSA) is 138 Å². The second kappa shape index (κ2) is 10.5. The normalized spacial score (nSPS) is 49.2. The molecule has 0 saturated heterocycles. The number of hydrogen-bond donors (Lipinski definition) is 4. The minimum Gasteiger partial charge on any atom is -0.394 e. The van der Waals surface area contributed by atoms with Crippen LogP contribution in [0, 0.1) is 12.7 Å². The molecule has 36 heavy (non-hydrogen) atoms. The quantitative estimate of drug-likeness (QED) is 0.226. The Balaban J connectivity index is 1.74. The van der Waals surface area contributed by atoms with Gasteiger partial charge in [-0.3, -0.25) is 0 Å². The summed E-state index contributed by atoms with van der Waals surface area (Å²) in [6, 6.07) is -2.13. The molecule has 194 valence electrons. The fourth-order valence-corrected chi connectivity index (χ4v) is 3.77. The molecule has 0 radical (unpaired) electrons. The lowest BCUT2D eigenvalue weighted by Crippen LogP contribution is -2.33. The van der Waals surface area contributed by atoms with E-state index in [9.17, 15) is 19.7 Å². The number of ether oxygens (including phenoxy) is 1. The van der Waals surface area contributed by atoms with E-state index in [0.717, 1.165) is 13.0 Å². The average molecular weight is 536 g/mol. The number of benzene rings is 1. The molecule has 0 aliphatic heterocycles. The zero-order valence-corrected chi connectivity index (χ0v) is 19.4. The summed E-state index contributed by atoms with van der Waals surface area (Å²) in [6.07, 6.45) is -22.5. The van der Waals surface area contributed by atoms with Gasteiger partial charge in [0.05, 0.1) is 36.2 Å². The molecule has 0 bridgehead atoms. The number of fused-ring (bicyclic) bond motifs is 1. The van der Waals surface area contributed by atoms with Crippen LogP contribution in [0.2, 0.25) is 0 Å². The van der Waals surface area contributed by atoms with Crippen LogP contribution in [-0.2, 0) is 4.74 Å². The Morgan fingerprint density at radius 1 is 1.33 bits per heavy atom. The molecule has 2 aliphatic carbocycles. The molecule has 6 atom stereocenters. The van der Waals surface area contributed by atoms with Crippen LogP contribution in [0.1, 0.15) is 72.4 Å². The van der Waals surface area contributed by atoms with Crippen molar-refractivity contribution in [3.05, 3.63) is 35.1 Å². The predicted molar refractivity (Wildman–Crippen MR) is 133 cm³/mol. The van der Waals surface area contributed by atoms with Gasteiger partial charge in [0.1, 0.15) is 18.0 Å². The van der Waals surface area contributed by atoms with E-state index < -0.39 is 102 Å². The highest BCUT2D eigenvalue weighted by atomic mass is 32.2. The smallest absolute Gasteiger partial charge is 0.191 e. The first-order valence-electron chi connectivity index (χ1n) is 18.7. The fraction of sp³-hybridized carbons (Fsp3) is 0.583. The number of hydrogen-bond acceptors (Lipinski definition) is 10. The van der Waals surface area contributed by atoms with E-state index in [1.165, 1.54) is 19.1 Å². The van der Waals surface area contributed by atoms with Crippen LogP contribution < -0.4 is 5.32 Å². The number of thioether (sulfide) groups is 1. The predicted octanol–water partition coefficient (Wildman–Crippen LogP) is 2.18. The van der Waals surface area contributed by atoms with Gasteiger partial charge in [0.25, 0.3) is 0 Å². The van der Waals surface area contributed by atoms with Crippen molar-refractivity contribution in [3.8, 4) is 0 Å². The summed E-state index contributed by atoms with van der Waals surface area (Å²) >= 11 is -0.00194. The highest BCUT2D eigenvalue weighted by molar-refractivity contribution is 7.99. The molecule has 0 amide bonds. The van der Waals surface area contributed by atoms with Crippen LogP contribution in [0.4, 0.5) is 10.2 Å². The van der Waals surface area contributed by atoms with Crippen molar-refractivity contribution in [2.45, 2.75) is 74.3 Å². The maximum atomic E-state index is 14.5. The first-order valence-corrected chi connectivity index (χ1v) is 11.1. The van der Waals surface area contributed by atoms with E-state index >= 15 is 0 Å². The molecule has 3 aromatic rings. The summed E-state index contributed by atoms with van der Waals surface area (Å²) < 4.78 is 159. The number of aryl methyl sites for hydroxylation is 1. The minimum absolute atomic E-state index is 0.00194. The fourth-order valence-electron chi connectivity index (χ4n) is 3.30. The van der Waals surface area contributed by atoms with Crippen LogP contribution >= 0.6 is 11.8 Å². The van der Waals surface area contributed by atoms with Gasteiger partial charge < -0.3 is 25.4 Å². The molecule has 2 heterocycles. The standard InChI is InChI=1S/C24H31FN6O4S/c1-3-8-36-24-27-22(26-16-10-14(16)13-5-4-12(2)15(25)9-13)19-23(28-24)31(30-29-19)17-11-18(35-7-6-32)21(34)20(17)33/h4-5,9,14,16-18,20-21,32-34H,3,6-8,10-11H2,1-2H3,(H,26,27,28)/t14-,16+,17+,18-,20-,21+/m0/s1/i3D2,6D2,7D2,8D2,10D2,11D2,14D,17D,18D,20D,21D. The van der Waals surface area contributed by atoms with E-state index in [2.05, 4.69) is 30.3 Å². The van der Waals surface area contributed by atoms with Crippen molar-refractivity contribution in [3.63, 3.8) is 0 Å². The van der Waals surface area contributed by atoms with Crippen LogP contribution in [-0.4, -0.2) is 83.4 Å². The monoisotopic (exact) mass is 535 g/mol. The van der Waals surface area contributed by atoms with E-state index in [1.54, 1.807) is 0 Å². The van der Waals surface area contributed by atoms with Crippen molar-refractivity contribution < 1.29 is 47.7 Å². The van der Waals surface area contributed by atoms with Gasteiger partial charge in [-0.2, -0.15) is 0 Å². The Morgan fingerprint density at radius 3 is 2.92 bits per heavy atom. The largest absolute Gasteiger partial charge is 0.394 e. The molecule has 0 unspecified atom stereocenters. The van der Waals surface area contributed by atoms with E-state index in [4.69, 9.17) is 23.3 Å². The van der Waals surface area contributed by atoms with E-state index in [1.807, 2.05) is 0 Å². The number of halogens is 1. The summed E-state index contributed by atoms with van der Waals surface area (Å²) in [6.45, 7) is -5.91. The lowest BCUT2D eigenvalue weighted by Gasteiger charge is -2.17. The van der Waals surface area contributed by atoms with Gasteiger partial charge in [-0.05, 0) is 36.9 Å². The van der Waals surface area contributed by atoms with Crippen LogP contribution in [0.25, 0.3) is 11.2 Å². The minimum atomic E-state index is -4.44. The number of rotatable bonds is 10. The number of aromatic nitrogens is 5. The van der Waals surface area contributed by atoms with Gasteiger partial charge in [-0.1, -0.05) is 36.0 Å². The Morgan fingerprint density at radius 2 is 2.17 bits per heavy atom. The summed E-state index contributed by atoms with van der Waals surface area (Å²) in [5.74, 6) is -3.61. The first kappa shape index (κ1) is 12.0. The SMILES string of the molecule is [2H]C([2H])(C)C([2H])([2H])Sc1nc(N[C@@H]2C([2H])([2H])[C@@]2([2H])c2ccc(C)c(F)c2)c2nnn([C@]3([2H])C([2H])([2H])[C@]([2H])(OC([2H])([2H])C([2H])([2H])O)[C@@]([2H])(O)[C@@]3([2H])O)c2n1. The zero-order chi connectivity index (χ0) is 40.8. The van der Waals surface area contributed by atoms with Crippen LogP contribution in [0.3, 0.4) is 0 Å². The Hall–Kier alpha value is -2.38. The summed E-state index contributed by atoms with van der Waals surface area (Å²) in [5, 5.41) is 41.1. The maximum absolute atomic E-state index is 14.5. The molecule has 2 aliphatic rings. The van der Waals surface area contributed by atoms with Crippen LogP contribution in [0.15, 0.2) is 23.4 Å². The molecule has 10 nitrogen and oxygen atoms in total. The van der Waals surface area contributed by atoms with E-state index in [-0.39, 0.29) is 27.6 Å². The number of nitrogens with zero attached hydrogens (tertiary/aromatic N) is 5. The van der Waals surface area contributed by atoms with Crippen molar-refractivity contribution in [2.75, 3.05) is 24.1 Å². The molecule has 5 rings (SSSR count). The number of aliphatic hydroxyl groups is 3. The molecule has 12 heteroatoms. The zero-order valence-electron chi connectivity index (χ0n) is 35.6. The van der Waals surface area contributed by atoms with Gasteiger partial charge in [0.2, 0.25) is 0 Å².